The van der Waals surface area contributed by atoms with Crippen LogP contribution in [0.15, 0.2) is 42.7 Å². The fourth-order valence-electron chi connectivity index (χ4n) is 1.87. The van der Waals surface area contributed by atoms with E-state index in [1.165, 1.54) is 6.07 Å². The van der Waals surface area contributed by atoms with Gasteiger partial charge in [0.15, 0.2) is 0 Å². The van der Waals surface area contributed by atoms with Crippen LogP contribution in [0, 0.1) is 10.1 Å². The van der Waals surface area contributed by atoms with Crippen molar-refractivity contribution in [1.82, 2.24) is 10.3 Å². The van der Waals surface area contributed by atoms with Gasteiger partial charge in [-0.2, -0.15) is 0 Å². The molecule has 0 radical (unpaired) electrons. The van der Waals surface area contributed by atoms with E-state index >= 15 is 0 Å². The van der Waals surface area contributed by atoms with Crippen molar-refractivity contribution in [1.29, 1.82) is 0 Å². The van der Waals surface area contributed by atoms with Gasteiger partial charge in [-0.15, -0.1) is 0 Å². The van der Waals surface area contributed by atoms with Crippen LogP contribution in [0.4, 0.5) is 5.69 Å². The van der Waals surface area contributed by atoms with Crippen LogP contribution in [-0.4, -0.2) is 28.9 Å². The molecule has 1 aromatic carbocycles. The first kappa shape index (κ1) is 16.1. The molecule has 0 aliphatic heterocycles. The molecule has 0 atom stereocenters. The van der Waals surface area contributed by atoms with E-state index in [2.05, 4.69) is 15.0 Å². The second kappa shape index (κ2) is 7.12. The van der Waals surface area contributed by atoms with Crippen molar-refractivity contribution >= 4 is 17.6 Å². The molecule has 0 unspecified atom stereocenters. The van der Waals surface area contributed by atoms with Crippen LogP contribution in [0.25, 0.3) is 0 Å². The van der Waals surface area contributed by atoms with Crippen molar-refractivity contribution in [2.45, 2.75) is 6.54 Å². The lowest BCUT2D eigenvalue weighted by Crippen LogP contribution is -2.23. The van der Waals surface area contributed by atoms with Crippen LogP contribution in [0.5, 0.6) is 0 Å². The summed E-state index contributed by atoms with van der Waals surface area (Å²) in [6, 6.07) is 6.91. The number of carbonyl (C=O) groups is 2. The maximum atomic E-state index is 12.1. The molecule has 0 aliphatic carbocycles. The average Bonchev–Trinajstić information content (AvgIpc) is 2.59. The van der Waals surface area contributed by atoms with Gasteiger partial charge in [0.25, 0.3) is 11.6 Å². The van der Waals surface area contributed by atoms with Crippen LogP contribution < -0.4 is 5.32 Å². The molecule has 23 heavy (non-hydrogen) atoms. The number of amides is 1. The first-order chi connectivity index (χ1) is 11.0. The minimum absolute atomic E-state index is 0.00323. The number of hydrogen-bond donors (Lipinski definition) is 1. The fraction of sp³-hybridized carbons (Fsp3) is 0.133. The first-order valence-corrected chi connectivity index (χ1v) is 6.56. The quantitative estimate of drug-likeness (QED) is 0.510. The van der Waals surface area contributed by atoms with E-state index in [0.717, 1.165) is 24.8 Å². The molecule has 0 spiro atoms. The summed E-state index contributed by atoms with van der Waals surface area (Å²) >= 11 is 0. The number of ether oxygens (including phenoxy) is 1. The molecule has 1 heterocycles. The molecule has 0 aliphatic rings. The zero-order valence-electron chi connectivity index (χ0n) is 12.2. The van der Waals surface area contributed by atoms with Gasteiger partial charge in [0.1, 0.15) is 0 Å². The Morgan fingerprint density at radius 1 is 1.30 bits per heavy atom. The molecule has 8 nitrogen and oxygen atoms in total. The molecule has 1 amide bonds. The van der Waals surface area contributed by atoms with E-state index in [1.54, 1.807) is 24.5 Å². The monoisotopic (exact) mass is 315 g/mol. The zero-order valence-corrected chi connectivity index (χ0v) is 12.2. The molecule has 0 saturated heterocycles. The van der Waals surface area contributed by atoms with Crippen LogP contribution in [0.3, 0.4) is 0 Å². The fourth-order valence-corrected chi connectivity index (χ4v) is 1.87. The van der Waals surface area contributed by atoms with Crippen LogP contribution in [0.2, 0.25) is 0 Å². The van der Waals surface area contributed by atoms with E-state index in [4.69, 9.17) is 0 Å². The Hall–Kier alpha value is -3.29. The number of nitro groups is 1. The number of aromatic nitrogens is 1. The molecular weight excluding hydrogens is 302 g/mol. The lowest BCUT2D eigenvalue weighted by atomic mass is 10.1. The van der Waals surface area contributed by atoms with Crippen molar-refractivity contribution < 1.29 is 19.2 Å². The number of nitrogens with zero attached hydrogens (tertiary/aromatic N) is 2. The van der Waals surface area contributed by atoms with E-state index in [-0.39, 0.29) is 23.4 Å². The molecule has 0 bridgehead atoms. The van der Waals surface area contributed by atoms with Crippen molar-refractivity contribution in [3.05, 3.63) is 69.5 Å². The van der Waals surface area contributed by atoms with Gasteiger partial charge in [-0.1, -0.05) is 6.07 Å². The third-order valence-electron chi connectivity index (χ3n) is 2.99. The number of benzene rings is 1. The highest BCUT2D eigenvalue weighted by Gasteiger charge is 2.18. The Labute approximate surface area is 131 Å². The van der Waals surface area contributed by atoms with E-state index in [0.29, 0.717) is 0 Å². The highest BCUT2D eigenvalue weighted by atomic mass is 16.6. The van der Waals surface area contributed by atoms with Crippen molar-refractivity contribution in [3.8, 4) is 0 Å². The maximum Gasteiger partial charge on any atom is 0.338 e. The number of non-ortho nitro benzene ring substituents is 1. The van der Waals surface area contributed by atoms with Crippen molar-refractivity contribution in [2.24, 2.45) is 0 Å². The number of methoxy groups -OCH3 is 1. The highest BCUT2D eigenvalue weighted by molar-refractivity contribution is 5.98. The number of pyridine rings is 1. The number of esters is 1. The minimum Gasteiger partial charge on any atom is -0.465 e. The second-order valence-electron chi connectivity index (χ2n) is 4.56. The van der Waals surface area contributed by atoms with Crippen LogP contribution >= 0.6 is 0 Å². The van der Waals surface area contributed by atoms with Gasteiger partial charge in [-0.25, -0.2) is 4.79 Å². The smallest absolute Gasteiger partial charge is 0.338 e. The summed E-state index contributed by atoms with van der Waals surface area (Å²) in [5.74, 6) is -1.29. The maximum absolute atomic E-state index is 12.1. The standard InChI is InChI=1S/C15H13N3O5/c1-23-15(20)12-5-11(6-13(7-12)18(21)22)14(19)17-9-10-3-2-4-16-8-10/h2-8H,9H2,1H3,(H,17,19). The van der Waals surface area contributed by atoms with Gasteiger partial charge < -0.3 is 10.1 Å². The third kappa shape index (κ3) is 4.10. The summed E-state index contributed by atoms with van der Waals surface area (Å²) in [5, 5.41) is 13.5. The number of rotatable bonds is 5. The number of carbonyl (C=O) groups excluding carboxylic acids is 2. The Morgan fingerprint density at radius 2 is 2.04 bits per heavy atom. The van der Waals surface area contributed by atoms with Gasteiger partial charge in [-0.3, -0.25) is 19.9 Å². The molecular formula is C15H13N3O5. The summed E-state index contributed by atoms with van der Waals surface area (Å²) in [5.41, 5.74) is 0.357. The Bertz CT molecular complexity index is 746. The third-order valence-corrected chi connectivity index (χ3v) is 2.99. The molecule has 1 aromatic heterocycles. The summed E-state index contributed by atoms with van der Waals surface area (Å²) < 4.78 is 4.53. The largest absolute Gasteiger partial charge is 0.465 e. The molecule has 2 aromatic rings. The molecule has 1 N–H and O–H groups in total. The average molecular weight is 315 g/mol. The SMILES string of the molecule is COC(=O)c1cc(C(=O)NCc2cccnc2)cc([N+](=O)[O-])c1. The molecule has 8 heteroatoms. The predicted octanol–water partition coefficient (Wildman–Crippen LogP) is 1.71. The van der Waals surface area contributed by atoms with E-state index in [9.17, 15) is 19.7 Å². The van der Waals surface area contributed by atoms with E-state index < -0.39 is 16.8 Å². The Balaban J connectivity index is 2.23. The summed E-state index contributed by atoms with van der Waals surface area (Å²) in [7, 11) is 1.16. The second-order valence-corrected chi connectivity index (χ2v) is 4.56. The Morgan fingerprint density at radius 3 is 2.65 bits per heavy atom. The lowest BCUT2D eigenvalue weighted by molar-refractivity contribution is -0.384. The van der Waals surface area contributed by atoms with Crippen molar-refractivity contribution in [2.75, 3.05) is 7.11 Å². The van der Waals surface area contributed by atoms with Crippen LogP contribution in [0.1, 0.15) is 26.3 Å². The zero-order chi connectivity index (χ0) is 16.8. The number of nitrogens with one attached hydrogen (secondary N) is 1. The minimum atomic E-state index is -0.755. The summed E-state index contributed by atoms with van der Waals surface area (Å²) in [6.07, 6.45) is 3.20. The lowest BCUT2D eigenvalue weighted by Gasteiger charge is -2.07. The topological polar surface area (TPSA) is 111 Å². The predicted molar refractivity (Wildman–Crippen MR) is 79.8 cm³/mol. The molecule has 118 valence electrons. The molecule has 0 fully saturated rings. The number of hydrogen-bond acceptors (Lipinski definition) is 6. The van der Waals surface area contributed by atoms with E-state index in [1.807, 2.05) is 0 Å². The van der Waals surface area contributed by atoms with Gasteiger partial charge in [0.05, 0.1) is 17.6 Å². The summed E-state index contributed by atoms with van der Waals surface area (Å²) in [6.45, 7) is 0.211. The van der Waals surface area contributed by atoms with Crippen LogP contribution in [-0.2, 0) is 11.3 Å². The van der Waals surface area contributed by atoms with Gasteiger partial charge >= 0.3 is 5.97 Å². The molecule has 2 rings (SSSR count). The van der Waals surface area contributed by atoms with Crippen molar-refractivity contribution in [3.63, 3.8) is 0 Å². The van der Waals surface area contributed by atoms with Gasteiger partial charge in [0, 0.05) is 36.6 Å². The van der Waals surface area contributed by atoms with Gasteiger partial charge in [0.2, 0.25) is 0 Å². The number of nitro benzene ring substituents is 1. The summed E-state index contributed by atoms with van der Waals surface area (Å²) in [4.78, 5) is 37.9. The Kier molecular flexibility index (Phi) is 4.98. The molecule has 0 saturated carbocycles. The first-order valence-electron chi connectivity index (χ1n) is 6.56. The van der Waals surface area contributed by atoms with Gasteiger partial charge in [-0.05, 0) is 17.7 Å². The normalized spacial score (nSPS) is 9.96. The highest BCUT2D eigenvalue weighted by Crippen LogP contribution is 2.18.